The van der Waals surface area contributed by atoms with E-state index < -0.39 is 28.0 Å². The molecule has 2 atom stereocenters. The fourth-order valence-electron chi connectivity index (χ4n) is 6.70. The first-order valence-electron chi connectivity index (χ1n) is 22.2. The molecular weight excluding hydrogens is 667 g/mol. The maximum absolute atomic E-state index is 12.5. The highest BCUT2D eigenvalue weighted by Gasteiger charge is 2.24. The van der Waals surface area contributed by atoms with Crippen LogP contribution in [0.25, 0.3) is 0 Å². The summed E-state index contributed by atoms with van der Waals surface area (Å²) in [6.07, 6.45) is 51.4. The molecule has 1 amide bonds. The molecule has 0 radical (unpaired) electrons. The minimum absolute atomic E-state index is 0.279. The van der Waals surface area contributed by atoms with Crippen LogP contribution in [-0.2, 0) is 14.9 Å². The molecule has 0 aliphatic heterocycles. The highest BCUT2D eigenvalue weighted by atomic mass is 32.2. The molecule has 6 nitrogen and oxygen atoms in total. The van der Waals surface area contributed by atoms with E-state index >= 15 is 0 Å². The van der Waals surface area contributed by atoms with Crippen molar-refractivity contribution in [2.45, 2.75) is 238 Å². The zero-order valence-electron chi connectivity index (χ0n) is 34.2. The number of carbonyl (C=O) groups excluding carboxylic acids is 1. The van der Waals surface area contributed by atoms with E-state index in [1.807, 2.05) is 6.08 Å². The van der Waals surface area contributed by atoms with Gasteiger partial charge in [-0.05, 0) is 57.8 Å². The van der Waals surface area contributed by atoms with Crippen molar-refractivity contribution in [1.29, 1.82) is 0 Å². The van der Waals surface area contributed by atoms with Crippen molar-refractivity contribution in [3.8, 4) is 0 Å². The number of nitrogens with one attached hydrogen (secondary N) is 1. The molecule has 0 saturated heterocycles. The molecule has 0 bridgehead atoms. The molecule has 306 valence electrons. The molecule has 0 saturated carbocycles. The lowest BCUT2D eigenvalue weighted by Crippen LogP contribution is -2.46. The Morgan fingerprint density at radius 2 is 0.827 bits per heavy atom. The second-order valence-corrected chi connectivity index (χ2v) is 16.8. The summed E-state index contributed by atoms with van der Waals surface area (Å²) < 4.78 is 32.5. The smallest absolute Gasteiger partial charge is 0.267 e. The third-order valence-electron chi connectivity index (χ3n) is 10.0. The van der Waals surface area contributed by atoms with Crippen LogP contribution in [-0.4, -0.2) is 41.9 Å². The number of rotatable bonds is 40. The maximum Gasteiger partial charge on any atom is 0.267 e. The number of amides is 1. The van der Waals surface area contributed by atoms with Gasteiger partial charge >= 0.3 is 0 Å². The molecule has 0 rings (SSSR count). The van der Waals surface area contributed by atoms with Crippen molar-refractivity contribution in [1.82, 2.24) is 5.32 Å². The van der Waals surface area contributed by atoms with Crippen molar-refractivity contribution in [2.75, 3.05) is 5.75 Å². The van der Waals surface area contributed by atoms with Crippen LogP contribution in [0.1, 0.15) is 226 Å². The average Bonchev–Trinajstić information content (AvgIpc) is 3.11. The molecule has 0 spiro atoms. The molecule has 0 aliphatic rings. The topological polar surface area (TPSA) is 104 Å². The number of hydrogen-bond donors (Lipinski definition) is 3. The van der Waals surface area contributed by atoms with Gasteiger partial charge in [-0.25, -0.2) is 0 Å². The Bertz CT molecular complexity index is 961. The predicted octanol–water partition coefficient (Wildman–Crippen LogP) is 13.3. The van der Waals surface area contributed by atoms with Gasteiger partial charge in [0.05, 0.1) is 17.9 Å². The van der Waals surface area contributed by atoms with Crippen LogP contribution in [0.2, 0.25) is 0 Å². The number of unbranched alkanes of at least 4 members (excludes halogenated alkanes) is 28. The van der Waals surface area contributed by atoms with Crippen molar-refractivity contribution in [3.05, 3.63) is 36.5 Å². The minimum Gasteiger partial charge on any atom is -0.387 e. The first kappa shape index (κ1) is 50.6. The Hall–Kier alpha value is -1.44. The van der Waals surface area contributed by atoms with Crippen LogP contribution >= 0.6 is 0 Å². The van der Waals surface area contributed by atoms with Crippen LogP contribution in [0, 0.1) is 0 Å². The van der Waals surface area contributed by atoms with Crippen LogP contribution in [0.4, 0.5) is 0 Å². The maximum atomic E-state index is 12.5. The van der Waals surface area contributed by atoms with Crippen molar-refractivity contribution in [3.63, 3.8) is 0 Å². The van der Waals surface area contributed by atoms with Gasteiger partial charge in [-0.1, -0.05) is 198 Å². The number of allylic oxidation sites excluding steroid dienone is 5. The van der Waals surface area contributed by atoms with Crippen LogP contribution < -0.4 is 5.32 Å². The van der Waals surface area contributed by atoms with E-state index in [2.05, 4.69) is 43.5 Å². The first-order valence-corrected chi connectivity index (χ1v) is 23.8. The molecule has 2 unspecified atom stereocenters. The quantitative estimate of drug-likeness (QED) is 0.0328. The van der Waals surface area contributed by atoms with Gasteiger partial charge in [0.1, 0.15) is 0 Å². The molecule has 0 heterocycles. The number of carbonyl (C=O) groups is 1. The summed E-state index contributed by atoms with van der Waals surface area (Å²) in [5.74, 6) is -1.01. The van der Waals surface area contributed by atoms with E-state index in [-0.39, 0.29) is 12.3 Å². The van der Waals surface area contributed by atoms with Crippen LogP contribution in [0.3, 0.4) is 0 Å². The Morgan fingerprint density at radius 1 is 0.500 bits per heavy atom. The van der Waals surface area contributed by atoms with Gasteiger partial charge in [-0.2, -0.15) is 8.42 Å². The zero-order chi connectivity index (χ0) is 38.2. The summed E-state index contributed by atoms with van der Waals surface area (Å²) in [6, 6.07) is -1.08. The van der Waals surface area contributed by atoms with E-state index in [9.17, 15) is 22.9 Å². The molecular formula is C45H85NO5S. The third kappa shape index (κ3) is 39.8. The second-order valence-electron chi connectivity index (χ2n) is 15.3. The summed E-state index contributed by atoms with van der Waals surface area (Å²) in [7, 11) is -4.36. The zero-order valence-corrected chi connectivity index (χ0v) is 35.0. The van der Waals surface area contributed by atoms with E-state index in [0.717, 1.165) is 51.4 Å². The first-order chi connectivity index (χ1) is 25.3. The molecule has 0 aromatic rings. The van der Waals surface area contributed by atoms with Gasteiger partial charge in [0, 0.05) is 6.42 Å². The monoisotopic (exact) mass is 752 g/mol. The summed E-state index contributed by atoms with van der Waals surface area (Å²) >= 11 is 0. The van der Waals surface area contributed by atoms with E-state index in [1.54, 1.807) is 0 Å². The van der Waals surface area contributed by atoms with Crippen molar-refractivity contribution < 1.29 is 22.9 Å². The standard InChI is InChI=1S/C45H85NO5S/c1-3-5-7-9-11-13-15-17-19-21-22-23-24-25-26-28-30-32-34-36-38-40-44(47)43(42-52(49,50)51)46-45(48)41-39-37-35-33-31-29-27-20-18-16-14-12-10-8-6-4-2/h20,27,30,32,38,40,43-44,47H,3-19,21-26,28-29,31,33-37,39,41-42H2,1-2H3,(H,46,48)(H,49,50,51)/b27-20-,32-30+,40-38+. The fourth-order valence-corrected chi connectivity index (χ4v) is 7.43. The Balaban J connectivity index is 3.92. The van der Waals surface area contributed by atoms with E-state index in [0.29, 0.717) is 6.42 Å². The van der Waals surface area contributed by atoms with Crippen LogP contribution in [0.5, 0.6) is 0 Å². The molecule has 3 N–H and O–H groups in total. The van der Waals surface area contributed by atoms with Crippen molar-refractivity contribution >= 4 is 16.0 Å². The highest BCUT2D eigenvalue weighted by molar-refractivity contribution is 7.85. The lowest BCUT2D eigenvalue weighted by atomic mass is 10.0. The highest BCUT2D eigenvalue weighted by Crippen LogP contribution is 2.15. The Morgan fingerprint density at radius 3 is 1.21 bits per heavy atom. The Labute approximate surface area is 323 Å². The van der Waals surface area contributed by atoms with Gasteiger partial charge in [0.25, 0.3) is 10.1 Å². The summed E-state index contributed by atoms with van der Waals surface area (Å²) in [5, 5.41) is 13.2. The SMILES string of the molecule is CCCCCCCCC/C=C\CCCCCCCC(=O)NC(CS(=O)(=O)O)C(O)/C=C/CC/C=C/CCCCCCCCCCCCCCCCC. The van der Waals surface area contributed by atoms with Gasteiger partial charge in [0.2, 0.25) is 5.91 Å². The normalized spacial score (nSPS) is 13.5. The number of hydrogen-bond acceptors (Lipinski definition) is 4. The van der Waals surface area contributed by atoms with Gasteiger partial charge < -0.3 is 10.4 Å². The molecule has 0 aromatic carbocycles. The van der Waals surface area contributed by atoms with E-state index in [1.165, 1.54) is 154 Å². The lowest BCUT2D eigenvalue weighted by molar-refractivity contribution is -0.122. The molecule has 52 heavy (non-hydrogen) atoms. The third-order valence-corrected chi connectivity index (χ3v) is 10.8. The number of aliphatic hydroxyl groups is 1. The molecule has 7 heteroatoms. The van der Waals surface area contributed by atoms with Gasteiger partial charge in [-0.3, -0.25) is 9.35 Å². The molecule has 0 fully saturated rings. The van der Waals surface area contributed by atoms with E-state index in [4.69, 9.17) is 0 Å². The molecule has 0 aliphatic carbocycles. The average molecular weight is 752 g/mol. The van der Waals surface area contributed by atoms with Gasteiger partial charge in [0.15, 0.2) is 0 Å². The predicted molar refractivity (Wildman–Crippen MR) is 225 cm³/mol. The Kier molecular flexibility index (Phi) is 38.2. The summed E-state index contributed by atoms with van der Waals surface area (Å²) in [5.41, 5.74) is 0. The van der Waals surface area contributed by atoms with Crippen molar-refractivity contribution in [2.24, 2.45) is 0 Å². The second kappa shape index (κ2) is 39.3. The number of aliphatic hydroxyl groups excluding tert-OH is 1. The summed E-state index contributed by atoms with van der Waals surface area (Å²) in [4.78, 5) is 12.5. The summed E-state index contributed by atoms with van der Waals surface area (Å²) in [6.45, 7) is 4.53. The van der Waals surface area contributed by atoms with Gasteiger partial charge in [-0.15, -0.1) is 0 Å². The molecule has 0 aromatic heterocycles. The fraction of sp³-hybridized carbons (Fsp3) is 0.844. The van der Waals surface area contributed by atoms with Crippen LogP contribution in [0.15, 0.2) is 36.5 Å². The minimum atomic E-state index is -4.36. The largest absolute Gasteiger partial charge is 0.387 e. The lowest BCUT2D eigenvalue weighted by Gasteiger charge is -2.21.